The second kappa shape index (κ2) is 7.17. The largest absolute Gasteiger partial charge is 0.381 e. The lowest BCUT2D eigenvalue weighted by molar-refractivity contribution is -0.386. The van der Waals surface area contributed by atoms with Gasteiger partial charge in [-0.1, -0.05) is 6.07 Å². The molecule has 0 spiro atoms. The Kier molecular flexibility index (Phi) is 5.26. The normalized spacial score (nSPS) is 17.0. The van der Waals surface area contributed by atoms with E-state index in [9.17, 15) is 19.3 Å². The molecule has 2 rings (SSSR count). The van der Waals surface area contributed by atoms with Crippen molar-refractivity contribution in [2.45, 2.75) is 25.3 Å². The number of nitrogens with one attached hydrogen (secondary N) is 1. The molecule has 1 atom stereocenters. The van der Waals surface area contributed by atoms with Crippen molar-refractivity contribution in [2.24, 2.45) is 11.7 Å². The lowest BCUT2D eigenvalue weighted by Gasteiger charge is -2.30. The number of rotatable bonds is 6. The van der Waals surface area contributed by atoms with Crippen LogP contribution in [-0.4, -0.2) is 30.1 Å². The monoisotopic (exact) mass is 311 g/mol. The zero-order valence-corrected chi connectivity index (χ0v) is 12.0. The van der Waals surface area contributed by atoms with E-state index in [1.165, 1.54) is 12.1 Å². The Bertz CT molecular complexity index is 561. The highest BCUT2D eigenvalue weighted by atomic mass is 19.1. The standard InChI is InChI=1S/C14H18FN3O4/c15-10-2-1-3-11(14(10)18(20)21)17-12(8-13(16)19)9-4-6-22-7-5-9/h1-3,9,12,17H,4-8H2,(H2,16,19)/t12-/m1/s1. The Labute approximate surface area is 126 Å². The first-order valence-electron chi connectivity index (χ1n) is 7.04. The lowest BCUT2D eigenvalue weighted by atomic mass is 9.89. The summed E-state index contributed by atoms with van der Waals surface area (Å²) in [4.78, 5) is 21.5. The molecule has 1 saturated heterocycles. The van der Waals surface area contributed by atoms with Crippen LogP contribution >= 0.6 is 0 Å². The first kappa shape index (κ1) is 16.2. The van der Waals surface area contributed by atoms with Crippen LogP contribution in [0.15, 0.2) is 18.2 Å². The van der Waals surface area contributed by atoms with Gasteiger partial charge < -0.3 is 15.8 Å². The average Bonchev–Trinajstić information content (AvgIpc) is 2.46. The van der Waals surface area contributed by atoms with Crippen LogP contribution in [0, 0.1) is 21.8 Å². The topological polar surface area (TPSA) is 107 Å². The molecule has 1 amide bonds. The van der Waals surface area contributed by atoms with Crippen molar-refractivity contribution >= 4 is 17.3 Å². The number of nitro groups is 1. The third kappa shape index (κ3) is 3.91. The molecule has 0 radical (unpaired) electrons. The van der Waals surface area contributed by atoms with Crippen LogP contribution in [0.2, 0.25) is 0 Å². The van der Waals surface area contributed by atoms with Gasteiger partial charge in [-0.25, -0.2) is 0 Å². The maximum atomic E-state index is 13.7. The summed E-state index contributed by atoms with van der Waals surface area (Å²) in [6.45, 7) is 1.12. The van der Waals surface area contributed by atoms with Gasteiger partial charge in [0.1, 0.15) is 5.69 Å². The highest BCUT2D eigenvalue weighted by Gasteiger charge is 2.28. The Balaban J connectivity index is 2.24. The summed E-state index contributed by atoms with van der Waals surface area (Å²) >= 11 is 0. The summed E-state index contributed by atoms with van der Waals surface area (Å²) in [6.07, 6.45) is 1.46. The van der Waals surface area contributed by atoms with Crippen molar-refractivity contribution in [2.75, 3.05) is 18.5 Å². The minimum Gasteiger partial charge on any atom is -0.381 e. The zero-order valence-electron chi connectivity index (χ0n) is 12.0. The molecule has 0 bridgehead atoms. The number of ether oxygens (including phenoxy) is 1. The summed E-state index contributed by atoms with van der Waals surface area (Å²) < 4.78 is 18.9. The van der Waals surface area contributed by atoms with Crippen molar-refractivity contribution in [1.29, 1.82) is 0 Å². The number of halogens is 1. The van der Waals surface area contributed by atoms with Gasteiger partial charge in [0.2, 0.25) is 11.7 Å². The zero-order chi connectivity index (χ0) is 16.1. The summed E-state index contributed by atoms with van der Waals surface area (Å²) in [5, 5.41) is 14.0. The molecule has 3 N–H and O–H groups in total. The van der Waals surface area contributed by atoms with E-state index in [1.54, 1.807) is 0 Å². The third-order valence-corrected chi connectivity index (χ3v) is 3.77. The number of primary amides is 1. The maximum absolute atomic E-state index is 13.7. The van der Waals surface area contributed by atoms with Crippen molar-refractivity contribution < 1.29 is 18.8 Å². The molecular weight excluding hydrogens is 293 g/mol. The number of para-hydroxylation sites is 1. The van der Waals surface area contributed by atoms with Crippen LogP contribution in [-0.2, 0) is 9.53 Å². The van der Waals surface area contributed by atoms with Gasteiger partial charge in [0.05, 0.1) is 4.92 Å². The van der Waals surface area contributed by atoms with Gasteiger partial charge in [-0.15, -0.1) is 0 Å². The molecule has 1 aromatic carbocycles. The predicted octanol–water partition coefficient (Wildman–Crippen LogP) is 1.82. The van der Waals surface area contributed by atoms with Crippen LogP contribution in [0.4, 0.5) is 15.8 Å². The van der Waals surface area contributed by atoms with Gasteiger partial charge in [0.15, 0.2) is 0 Å². The number of nitrogens with zero attached hydrogens (tertiary/aromatic N) is 1. The number of amides is 1. The van der Waals surface area contributed by atoms with E-state index in [4.69, 9.17) is 10.5 Å². The molecule has 1 aromatic rings. The van der Waals surface area contributed by atoms with Crippen LogP contribution in [0.25, 0.3) is 0 Å². The van der Waals surface area contributed by atoms with E-state index >= 15 is 0 Å². The number of anilines is 1. The van der Waals surface area contributed by atoms with Gasteiger partial charge in [0, 0.05) is 25.7 Å². The van der Waals surface area contributed by atoms with Crippen molar-refractivity contribution in [3.63, 3.8) is 0 Å². The number of hydrogen-bond acceptors (Lipinski definition) is 5. The second-order valence-electron chi connectivity index (χ2n) is 5.26. The van der Waals surface area contributed by atoms with Crippen molar-refractivity contribution in [1.82, 2.24) is 0 Å². The van der Waals surface area contributed by atoms with Gasteiger partial charge in [-0.05, 0) is 30.9 Å². The molecule has 1 aliphatic rings. The predicted molar refractivity (Wildman–Crippen MR) is 77.8 cm³/mol. The summed E-state index contributed by atoms with van der Waals surface area (Å²) in [6, 6.07) is 3.45. The third-order valence-electron chi connectivity index (χ3n) is 3.77. The van der Waals surface area contributed by atoms with E-state index in [-0.39, 0.29) is 24.1 Å². The molecule has 1 fully saturated rings. The maximum Gasteiger partial charge on any atom is 0.327 e. The van der Waals surface area contributed by atoms with Crippen molar-refractivity contribution in [3.8, 4) is 0 Å². The SMILES string of the molecule is NC(=O)C[C@@H](Nc1cccc(F)c1[N+](=O)[O-])C1CCOCC1. The van der Waals surface area contributed by atoms with E-state index < -0.39 is 22.3 Å². The fraction of sp³-hybridized carbons (Fsp3) is 0.500. The summed E-state index contributed by atoms with van der Waals surface area (Å²) in [7, 11) is 0. The molecule has 22 heavy (non-hydrogen) atoms. The number of nitro benzene ring substituents is 1. The number of benzene rings is 1. The highest BCUT2D eigenvalue weighted by Crippen LogP contribution is 2.31. The van der Waals surface area contributed by atoms with Gasteiger partial charge >= 0.3 is 5.69 Å². The first-order chi connectivity index (χ1) is 10.5. The summed E-state index contributed by atoms with van der Waals surface area (Å²) in [5.41, 5.74) is 4.70. The Morgan fingerprint density at radius 1 is 1.50 bits per heavy atom. The Morgan fingerprint density at radius 3 is 2.77 bits per heavy atom. The minimum atomic E-state index is -0.917. The molecule has 0 aliphatic carbocycles. The van der Waals surface area contributed by atoms with E-state index in [0.717, 1.165) is 6.07 Å². The Hall–Kier alpha value is -2.22. The molecular formula is C14H18FN3O4. The average molecular weight is 311 g/mol. The number of hydrogen-bond donors (Lipinski definition) is 2. The van der Waals surface area contributed by atoms with Crippen LogP contribution in [0.1, 0.15) is 19.3 Å². The number of carbonyl (C=O) groups excluding carboxylic acids is 1. The molecule has 1 aliphatic heterocycles. The molecule has 7 nitrogen and oxygen atoms in total. The second-order valence-corrected chi connectivity index (χ2v) is 5.26. The molecule has 0 aromatic heterocycles. The quantitative estimate of drug-likeness (QED) is 0.615. The molecule has 120 valence electrons. The van der Waals surface area contributed by atoms with Gasteiger partial charge in [-0.2, -0.15) is 4.39 Å². The van der Waals surface area contributed by atoms with Crippen LogP contribution in [0.3, 0.4) is 0 Å². The van der Waals surface area contributed by atoms with E-state index in [2.05, 4.69) is 5.32 Å². The fourth-order valence-electron chi connectivity index (χ4n) is 2.69. The minimum absolute atomic E-state index is 0.0261. The molecule has 1 heterocycles. The van der Waals surface area contributed by atoms with E-state index in [1.807, 2.05) is 0 Å². The highest BCUT2D eigenvalue weighted by molar-refractivity contribution is 5.75. The Morgan fingerprint density at radius 2 is 2.18 bits per heavy atom. The number of nitrogens with two attached hydrogens (primary N) is 1. The van der Waals surface area contributed by atoms with Crippen LogP contribution < -0.4 is 11.1 Å². The molecule has 8 heteroatoms. The molecule has 0 saturated carbocycles. The molecule has 0 unspecified atom stereocenters. The van der Waals surface area contributed by atoms with Crippen LogP contribution in [0.5, 0.6) is 0 Å². The van der Waals surface area contributed by atoms with Crippen molar-refractivity contribution in [3.05, 3.63) is 34.1 Å². The lowest BCUT2D eigenvalue weighted by Crippen LogP contribution is -2.37. The first-order valence-corrected chi connectivity index (χ1v) is 7.04. The number of carbonyl (C=O) groups is 1. The van der Waals surface area contributed by atoms with E-state index in [0.29, 0.717) is 26.1 Å². The fourth-order valence-corrected chi connectivity index (χ4v) is 2.69. The smallest absolute Gasteiger partial charge is 0.327 e. The van der Waals surface area contributed by atoms with Gasteiger partial charge in [0.25, 0.3) is 0 Å². The van der Waals surface area contributed by atoms with Gasteiger partial charge in [-0.3, -0.25) is 14.9 Å². The summed E-state index contributed by atoms with van der Waals surface area (Å²) in [5.74, 6) is -1.34.